The van der Waals surface area contributed by atoms with Gasteiger partial charge in [0.15, 0.2) is 0 Å². The van der Waals surface area contributed by atoms with E-state index in [-0.39, 0.29) is 0 Å². The molecule has 0 amide bonds. The van der Waals surface area contributed by atoms with E-state index in [9.17, 15) is 0 Å². The summed E-state index contributed by atoms with van der Waals surface area (Å²) in [5.74, 6) is 1.29. The number of aromatic amines is 1. The van der Waals surface area contributed by atoms with Crippen molar-refractivity contribution in [3.63, 3.8) is 0 Å². The van der Waals surface area contributed by atoms with Crippen LogP contribution in [0.25, 0.3) is 11.0 Å². The van der Waals surface area contributed by atoms with Gasteiger partial charge in [-0.3, -0.25) is 0 Å². The Bertz CT molecular complexity index is 665. The van der Waals surface area contributed by atoms with Crippen LogP contribution in [0.2, 0.25) is 0 Å². The summed E-state index contributed by atoms with van der Waals surface area (Å²) in [4.78, 5) is 11.3. The second kappa shape index (κ2) is 4.18. The van der Waals surface area contributed by atoms with Crippen LogP contribution in [0, 0.1) is 0 Å². The van der Waals surface area contributed by atoms with Gasteiger partial charge in [-0.05, 0) is 24.3 Å². The molecule has 1 aromatic carbocycles. The lowest BCUT2D eigenvalue weighted by Crippen LogP contribution is -1.89. The van der Waals surface area contributed by atoms with Crippen LogP contribution in [0.5, 0.6) is 11.6 Å². The molecule has 84 valence electrons. The molecule has 0 bridgehead atoms. The first kappa shape index (κ1) is 10.3. The van der Waals surface area contributed by atoms with Crippen LogP contribution in [0.4, 0.5) is 0 Å². The number of halogens is 1. The summed E-state index contributed by atoms with van der Waals surface area (Å²) >= 11 is 3.40. The first-order chi connectivity index (χ1) is 8.33. The highest BCUT2D eigenvalue weighted by Gasteiger charge is 2.06. The molecule has 0 saturated heterocycles. The van der Waals surface area contributed by atoms with Crippen molar-refractivity contribution in [2.45, 2.75) is 0 Å². The van der Waals surface area contributed by atoms with E-state index in [2.05, 4.69) is 30.9 Å². The molecular formula is C12H8BrN3O. The van der Waals surface area contributed by atoms with Crippen LogP contribution < -0.4 is 4.74 Å². The summed E-state index contributed by atoms with van der Waals surface area (Å²) in [6.45, 7) is 0. The second-order valence-corrected chi connectivity index (χ2v) is 4.39. The van der Waals surface area contributed by atoms with E-state index < -0.39 is 0 Å². The minimum atomic E-state index is 0.550. The second-order valence-electron chi connectivity index (χ2n) is 3.48. The smallest absolute Gasteiger partial charge is 0.231 e. The fraction of sp³-hybridized carbons (Fsp3) is 0. The van der Waals surface area contributed by atoms with E-state index in [4.69, 9.17) is 4.74 Å². The molecule has 0 radical (unpaired) electrons. The number of H-pyrrole nitrogens is 1. The molecule has 3 rings (SSSR count). The van der Waals surface area contributed by atoms with Crippen molar-refractivity contribution in [2.24, 2.45) is 0 Å². The van der Waals surface area contributed by atoms with Crippen molar-refractivity contribution < 1.29 is 4.74 Å². The number of fused-ring (bicyclic) bond motifs is 1. The number of hydrogen-bond acceptors (Lipinski definition) is 3. The minimum absolute atomic E-state index is 0.550. The van der Waals surface area contributed by atoms with Gasteiger partial charge in [-0.2, -0.15) is 0 Å². The predicted octanol–water partition coefficient (Wildman–Crippen LogP) is 3.51. The fourth-order valence-corrected chi connectivity index (χ4v) is 1.95. The molecule has 0 unspecified atom stereocenters. The molecule has 0 aliphatic carbocycles. The zero-order chi connectivity index (χ0) is 11.7. The van der Waals surface area contributed by atoms with Gasteiger partial charge in [0.05, 0.1) is 5.39 Å². The van der Waals surface area contributed by atoms with Crippen LogP contribution in [-0.2, 0) is 0 Å². The van der Waals surface area contributed by atoms with Crippen molar-refractivity contribution in [1.29, 1.82) is 0 Å². The highest BCUT2D eigenvalue weighted by atomic mass is 79.9. The number of ether oxygens (including phenoxy) is 1. The van der Waals surface area contributed by atoms with Crippen LogP contribution in [0.15, 0.2) is 47.3 Å². The first-order valence-corrected chi connectivity index (χ1v) is 5.84. The lowest BCUT2D eigenvalue weighted by molar-refractivity contribution is 0.468. The summed E-state index contributed by atoms with van der Waals surface area (Å²) in [6, 6.07) is 9.52. The first-order valence-electron chi connectivity index (χ1n) is 5.04. The Morgan fingerprint density at radius 1 is 1.18 bits per heavy atom. The topological polar surface area (TPSA) is 50.8 Å². The third-order valence-electron chi connectivity index (χ3n) is 2.33. The van der Waals surface area contributed by atoms with Crippen molar-refractivity contribution in [2.75, 3.05) is 0 Å². The molecule has 0 fully saturated rings. The lowest BCUT2D eigenvalue weighted by atomic mass is 10.3. The molecule has 5 heteroatoms. The number of hydrogen-bond donors (Lipinski definition) is 1. The normalized spacial score (nSPS) is 10.6. The molecule has 1 N–H and O–H groups in total. The highest BCUT2D eigenvalue weighted by Crippen LogP contribution is 2.27. The third-order valence-corrected chi connectivity index (χ3v) is 2.82. The van der Waals surface area contributed by atoms with Gasteiger partial charge < -0.3 is 9.72 Å². The van der Waals surface area contributed by atoms with Gasteiger partial charge >= 0.3 is 0 Å². The maximum absolute atomic E-state index is 5.73. The van der Waals surface area contributed by atoms with Gasteiger partial charge in [0.1, 0.15) is 17.7 Å². The summed E-state index contributed by atoms with van der Waals surface area (Å²) in [5.41, 5.74) is 0.769. The monoisotopic (exact) mass is 289 g/mol. The molecular weight excluding hydrogens is 282 g/mol. The molecule has 2 heterocycles. The SMILES string of the molecule is Brc1cccc(Oc2ncnc3[nH]ccc23)c1. The molecule has 0 atom stereocenters. The zero-order valence-corrected chi connectivity index (χ0v) is 10.3. The van der Waals surface area contributed by atoms with E-state index >= 15 is 0 Å². The van der Waals surface area contributed by atoms with E-state index in [1.165, 1.54) is 6.33 Å². The Balaban J connectivity index is 2.02. The van der Waals surface area contributed by atoms with Crippen LogP contribution in [0.3, 0.4) is 0 Å². The summed E-state index contributed by atoms with van der Waals surface area (Å²) in [6.07, 6.45) is 3.29. The Morgan fingerprint density at radius 3 is 3.00 bits per heavy atom. The fourth-order valence-electron chi connectivity index (χ4n) is 1.57. The summed E-state index contributed by atoms with van der Waals surface area (Å²) in [5, 5.41) is 0.868. The van der Waals surface area contributed by atoms with E-state index in [1.54, 1.807) is 0 Å². The zero-order valence-electron chi connectivity index (χ0n) is 8.72. The Morgan fingerprint density at radius 2 is 2.12 bits per heavy atom. The average molecular weight is 290 g/mol. The molecule has 0 aliphatic heterocycles. The molecule has 3 aromatic rings. The van der Waals surface area contributed by atoms with Crippen LogP contribution in [-0.4, -0.2) is 15.0 Å². The van der Waals surface area contributed by atoms with Gasteiger partial charge in [0.2, 0.25) is 5.88 Å². The number of benzene rings is 1. The van der Waals surface area contributed by atoms with Gasteiger partial charge in [-0.1, -0.05) is 22.0 Å². The lowest BCUT2D eigenvalue weighted by Gasteiger charge is -2.05. The van der Waals surface area contributed by atoms with E-state index in [0.29, 0.717) is 5.88 Å². The van der Waals surface area contributed by atoms with Crippen molar-refractivity contribution in [3.05, 3.63) is 47.3 Å². The summed E-state index contributed by atoms with van der Waals surface area (Å²) in [7, 11) is 0. The maximum atomic E-state index is 5.73. The molecule has 0 saturated carbocycles. The van der Waals surface area contributed by atoms with Gasteiger partial charge in [-0.15, -0.1) is 0 Å². The van der Waals surface area contributed by atoms with E-state index in [0.717, 1.165) is 21.3 Å². The molecule has 4 nitrogen and oxygen atoms in total. The largest absolute Gasteiger partial charge is 0.438 e. The molecule has 0 spiro atoms. The van der Waals surface area contributed by atoms with Gasteiger partial charge in [0.25, 0.3) is 0 Å². The molecule has 0 aliphatic rings. The van der Waals surface area contributed by atoms with Crippen molar-refractivity contribution in [1.82, 2.24) is 15.0 Å². The number of rotatable bonds is 2. The van der Waals surface area contributed by atoms with Crippen molar-refractivity contribution >= 4 is 27.0 Å². The number of nitrogens with one attached hydrogen (secondary N) is 1. The Kier molecular flexibility index (Phi) is 2.53. The molecule has 2 aromatic heterocycles. The quantitative estimate of drug-likeness (QED) is 0.785. The third kappa shape index (κ3) is 2.01. The van der Waals surface area contributed by atoms with Crippen LogP contribution >= 0.6 is 15.9 Å². The summed E-state index contributed by atoms with van der Waals surface area (Å²) < 4.78 is 6.70. The molecule has 17 heavy (non-hydrogen) atoms. The van der Waals surface area contributed by atoms with Gasteiger partial charge in [0, 0.05) is 10.7 Å². The van der Waals surface area contributed by atoms with Crippen LogP contribution in [0.1, 0.15) is 0 Å². The average Bonchev–Trinajstić information content (AvgIpc) is 2.78. The maximum Gasteiger partial charge on any atom is 0.231 e. The standard InChI is InChI=1S/C12H8BrN3O/c13-8-2-1-3-9(6-8)17-12-10-4-5-14-11(10)15-7-16-12/h1-7H,(H,14,15,16). The number of nitrogens with zero attached hydrogens (tertiary/aromatic N) is 2. The van der Waals surface area contributed by atoms with E-state index in [1.807, 2.05) is 36.5 Å². The minimum Gasteiger partial charge on any atom is -0.438 e. The Hall–Kier alpha value is -1.88. The van der Waals surface area contributed by atoms with Gasteiger partial charge in [-0.25, -0.2) is 9.97 Å². The van der Waals surface area contributed by atoms with Crippen molar-refractivity contribution in [3.8, 4) is 11.6 Å². The Labute approximate surface area is 106 Å². The number of aromatic nitrogens is 3. The predicted molar refractivity (Wildman–Crippen MR) is 68.1 cm³/mol. The highest BCUT2D eigenvalue weighted by molar-refractivity contribution is 9.10.